The maximum atomic E-state index is 10.4. The number of carboxylic acids is 1. The topological polar surface area (TPSA) is 62.1 Å². The minimum atomic E-state index is -0.995. The smallest absolute Gasteiger partial charge is 0.341 e. The van der Waals surface area contributed by atoms with E-state index in [1.165, 1.54) is 0 Å². The summed E-state index contributed by atoms with van der Waals surface area (Å²) in [5.74, 6) is -0.476. The Bertz CT molecular complexity index is 609. The zero-order valence-corrected chi connectivity index (χ0v) is 11.6. The van der Waals surface area contributed by atoms with Gasteiger partial charge in [0.15, 0.2) is 6.61 Å². The molecule has 0 unspecified atom stereocenters. The second kappa shape index (κ2) is 7.09. The summed E-state index contributed by atoms with van der Waals surface area (Å²) in [6.45, 7) is -0.343. The molecule has 0 saturated carbocycles. The molecule has 0 heterocycles. The maximum absolute atomic E-state index is 10.4. The number of carbonyl (C=O) groups is 1. The molecule has 0 radical (unpaired) electrons. The Labute approximate surface area is 123 Å². The highest BCUT2D eigenvalue weighted by Gasteiger charge is 1.99. The number of benzene rings is 2. The van der Waals surface area contributed by atoms with E-state index in [1.54, 1.807) is 23.4 Å². The Morgan fingerprint density at radius 3 is 2.48 bits per heavy atom. The van der Waals surface area contributed by atoms with E-state index >= 15 is 0 Å². The van der Waals surface area contributed by atoms with Gasteiger partial charge >= 0.3 is 5.97 Å². The number of hydrogen-bond acceptors (Lipinski definition) is 4. The number of nitrogens with zero attached hydrogens (tertiary/aromatic N) is 2. The molecular formula is C16H16N2O3. The summed E-state index contributed by atoms with van der Waals surface area (Å²) in [5, 5.41) is 14.6. The maximum Gasteiger partial charge on any atom is 0.341 e. The van der Waals surface area contributed by atoms with Crippen LogP contribution in [0.25, 0.3) is 0 Å². The van der Waals surface area contributed by atoms with Crippen molar-refractivity contribution in [3.63, 3.8) is 0 Å². The number of aliphatic carboxylic acids is 1. The zero-order chi connectivity index (χ0) is 15.1. The first-order chi connectivity index (χ1) is 10.1. The van der Waals surface area contributed by atoms with E-state index in [-0.39, 0.29) is 6.61 Å². The standard InChI is InChI=1S/C16H16N2O3/c1-18(14-5-3-2-4-6-14)17-11-13-7-9-15(10-8-13)21-12-16(19)20/h2-11H,12H2,1H3,(H,19,20)/b17-11-. The lowest BCUT2D eigenvalue weighted by Gasteiger charge is -2.12. The molecule has 0 aliphatic heterocycles. The van der Waals surface area contributed by atoms with Crippen molar-refractivity contribution >= 4 is 17.9 Å². The molecule has 1 N–H and O–H groups in total. The average Bonchev–Trinajstić information content (AvgIpc) is 2.52. The minimum absolute atomic E-state index is 0.343. The Balaban J connectivity index is 1.96. The summed E-state index contributed by atoms with van der Waals surface area (Å²) in [5.41, 5.74) is 1.90. The molecule has 0 aliphatic carbocycles. The lowest BCUT2D eigenvalue weighted by molar-refractivity contribution is -0.139. The van der Waals surface area contributed by atoms with Gasteiger partial charge < -0.3 is 9.84 Å². The van der Waals surface area contributed by atoms with Crippen LogP contribution in [0.4, 0.5) is 5.69 Å². The summed E-state index contributed by atoms with van der Waals surface area (Å²) < 4.78 is 5.06. The molecule has 2 aromatic carbocycles. The molecule has 0 bridgehead atoms. The van der Waals surface area contributed by atoms with Gasteiger partial charge in [-0.05, 0) is 42.0 Å². The van der Waals surface area contributed by atoms with E-state index in [0.717, 1.165) is 11.3 Å². The van der Waals surface area contributed by atoms with Crippen LogP contribution in [-0.2, 0) is 4.79 Å². The highest BCUT2D eigenvalue weighted by molar-refractivity contribution is 5.80. The van der Waals surface area contributed by atoms with Gasteiger partial charge in [0.2, 0.25) is 0 Å². The number of ether oxygens (including phenoxy) is 1. The van der Waals surface area contributed by atoms with E-state index in [2.05, 4.69) is 5.10 Å². The van der Waals surface area contributed by atoms with Gasteiger partial charge in [0, 0.05) is 7.05 Å². The number of anilines is 1. The second-order valence-electron chi connectivity index (χ2n) is 4.36. The lowest BCUT2D eigenvalue weighted by atomic mass is 10.2. The molecule has 0 saturated heterocycles. The van der Waals surface area contributed by atoms with Crippen LogP contribution in [0.1, 0.15) is 5.56 Å². The first-order valence-electron chi connectivity index (χ1n) is 6.42. The second-order valence-corrected chi connectivity index (χ2v) is 4.36. The first kappa shape index (κ1) is 14.6. The third-order valence-corrected chi connectivity index (χ3v) is 2.75. The van der Waals surface area contributed by atoms with Gasteiger partial charge in [-0.1, -0.05) is 18.2 Å². The van der Waals surface area contributed by atoms with Crippen LogP contribution in [-0.4, -0.2) is 30.9 Å². The van der Waals surface area contributed by atoms with Crippen molar-refractivity contribution in [2.45, 2.75) is 0 Å². The predicted octanol–water partition coefficient (Wildman–Crippen LogP) is 2.62. The van der Waals surface area contributed by atoms with Gasteiger partial charge in [-0.25, -0.2) is 4.79 Å². The van der Waals surface area contributed by atoms with Crippen molar-refractivity contribution in [1.82, 2.24) is 0 Å². The number of para-hydroxylation sites is 1. The summed E-state index contributed by atoms with van der Waals surface area (Å²) in [7, 11) is 1.87. The van der Waals surface area contributed by atoms with Crippen molar-refractivity contribution in [3.8, 4) is 5.75 Å². The average molecular weight is 284 g/mol. The molecular weight excluding hydrogens is 268 g/mol. The van der Waals surface area contributed by atoms with Crippen molar-refractivity contribution in [1.29, 1.82) is 0 Å². The molecule has 0 amide bonds. The third kappa shape index (κ3) is 4.65. The van der Waals surface area contributed by atoms with E-state index in [0.29, 0.717) is 5.75 Å². The molecule has 0 fully saturated rings. The van der Waals surface area contributed by atoms with E-state index in [4.69, 9.17) is 9.84 Å². The monoisotopic (exact) mass is 284 g/mol. The largest absolute Gasteiger partial charge is 0.482 e. The van der Waals surface area contributed by atoms with Crippen LogP contribution in [0.15, 0.2) is 59.7 Å². The Kier molecular flexibility index (Phi) is 4.93. The summed E-state index contributed by atoms with van der Waals surface area (Å²) in [6, 6.07) is 16.9. The third-order valence-electron chi connectivity index (χ3n) is 2.75. The van der Waals surface area contributed by atoms with Gasteiger partial charge in [0.25, 0.3) is 0 Å². The van der Waals surface area contributed by atoms with E-state index in [9.17, 15) is 4.79 Å². The molecule has 21 heavy (non-hydrogen) atoms. The number of hydrazone groups is 1. The van der Waals surface area contributed by atoms with Crippen LogP contribution in [0.3, 0.4) is 0 Å². The van der Waals surface area contributed by atoms with Gasteiger partial charge in [0.05, 0.1) is 11.9 Å². The molecule has 0 aliphatic rings. The highest BCUT2D eigenvalue weighted by Crippen LogP contribution is 2.13. The molecule has 0 spiro atoms. The van der Waals surface area contributed by atoms with Gasteiger partial charge in [-0.15, -0.1) is 0 Å². The number of hydrogen-bond donors (Lipinski definition) is 1. The van der Waals surface area contributed by atoms with E-state index in [1.807, 2.05) is 49.5 Å². The van der Waals surface area contributed by atoms with Crippen molar-refractivity contribution in [3.05, 3.63) is 60.2 Å². The minimum Gasteiger partial charge on any atom is -0.482 e. The predicted molar refractivity (Wildman–Crippen MR) is 82.0 cm³/mol. The Morgan fingerprint density at radius 2 is 1.86 bits per heavy atom. The molecule has 5 heteroatoms. The number of carboxylic acid groups (broad SMARTS) is 1. The molecule has 0 atom stereocenters. The molecule has 2 aromatic rings. The van der Waals surface area contributed by atoms with Crippen LogP contribution < -0.4 is 9.75 Å². The van der Waals surface area contributed by atoms with Crippen LogP contribution in [0.5, 0.6) is 5.75 Å². The molecule has 2 rings (SSSR count). The van der Waals surface area contributed by atoms with Gasteiger partial charge in [0.1, 0.15) is 5.75 Å². The zero-order valence-electron chi connectivity index (χ0n) is 11.6. The summed E-state index contributed by atoms with van der Waals surface area (Å²) in [6.07, 6.45) is 1.73. The van der Waals surface area contributed by atoms with Gasteiger partial charge in [-0.3, -0.25) is 5.01 Å². The van der Waals surface area contributed by atoms with Gasteiger partial charge in [-0.2, -0.15) is 5.10 Å². The highest BCUT2D eigenvalue weighted by atomic mass is 16.5. The lowest BCUT2D eigenvalue weighted by Crippen LogP contribution is -2.09. The Hall–Kier alpha value is -2.82. The molecule has 5 nitrogen and oxygen atoms in total. The quantitative estimate of drug-likeness (QED) is 0.654. The first-order valence-corrected chi connectivity index (χ1v) is 6.42. The Morgan fingerprint density at radius 1 is 1.19 bits per heavy atom. The fraction of sp³-hybridized carbons (Fsp3) is 0.125. The fourth-order valence-corrected chi connectivity index (χ4v) is 1.66. The fourth-order valence-electron chi connectivity index (χ4n) is 1.66. The summed E-state index contributed by atoms with van der Waals surface area (Å²) in [4.78, 5) is 10.4. The molecule has 0 aromatic heterocycles. The SMILES string of the molecule is CN(/N=C\c1ccc(OCC(=O)O)cc1)c1ccccc1. The van der Waals surface area contributed by atoms with Crippen molar-refractivity contribution in [2.75, 3.05) is 18.7 Å². The van der Waals surface area contributed by atoms with Crippen LogP contribution >= 0.6 is 0 Å². The van der Waals surface area contributed by atoms with E-state index < -0.39 is 5.97 Å². The summed E-state index contributed by atoms with van der Waals surface area (Å²) >= 11 is 0. The van der Waals surface area contributed by atoms with Crippen LogP contribution in [0.2, 0.25) is 0 Å². The number of rotatable bonds is 6. The molecule has 108 valence electrons. The van der Waals surface area contributed by atoms with Crippen LogP contribution in [0, 0.1) is 0 Å². The van der Waals surface area contributed by atoms with Crippen molar-refractivity contribution in [2.24, 2.45) is 5.10 Å². The normalized spacial score (nSPS) is 10.5. The van der Waals surface area contributed by atoms with Crippen molar-refractivity contribution < 1.29 is 14.6 Å².